The molecule has 7 nitrogen and oxygen atoms in total. The molecule has 2 rings (SSSR count). The molecule has 1 aliphatic rings. The Hall–Kier alpha value is -1.60. The van der Waals surface area contributed by atoms with Gasteiger partial charge >= 0.3 is 0 Å². The van der Waals surface area contributed by atoms with Gasteiger partial charge in [0.1, 0.15) is 0 Å². The lowest BCUT2D eigenvalue weighted by Crippen LogP contribution is -2.44. The number of nitrogens with zero attached hydrogens (tertiary/aromatic N) is 3. The van der Waals surface area contributed by atoms with Crippen LogP contribution in [0.1, 0.15) is 17.4 Å². The normalized spacial score (nSPS) is 21.1. The summed E-state index contributed by atoms with van der Waals surface area (Å²) in [5, 5.41) is 4.07. The van der Waals surface area contributed by atoms with E-state index in [0.29, 0.717) is 12.2 Å². The Kier molecular flexibility index (Phi) is 3.83. The van der Waals surface area contributed by atoms with Crippen molar-refractivity contribution in [2.24, 2.45) is 5.73 Å². The van der Waals surface area contributed by atoms with Gasteiger partial charge in [0.15, 0.2) is 5.69 Å². The number of carbonyl (C=O) groups excluding carboxylic acids is 1. The maximum atomic E-state index is 11.1. The molecular weight excluding hydrogens is 234 g/mol. The Bertz CT molecular complexity index is 431. The van der Waals surface area contributed by atoms with Gasteiger partial charge in [-0.05, 0) is 6.54 Å². The van der Waals surface area contributed by atoms with Gasteiger partial charge in [0, 0.05) is 19.3 Å². The van der Waals surface area contributed by atoms with Crippen molar-refractivity contribution in [3.05, 3.63) is 11.9 Å². The molecular formula is C11H19N5O2. The van der Waals surface area contributed by atoms with Crippen LogP contribution in [0.3, 0.4) is 0 Å². The van der Waals surface area contributed by atoms with Gasteiger partial charge in [0.05, 0.1) is 24.9 Å². The first-order valence-corrected chi connectivity index (χ1v) is 6.06. The van der Waals surface area contributed by atoms with Gasteiger partial charge in [-0.15, -0.1) is 0 Å². The van der Waals surface area contributed by atoms with Gasteiger partial charge in [0.25, 0.3) is 5.91 Å². The van der Waals surface area contributed by atoms with Crippen LogP contribution in [0.4, 0.5) is 5.69 Å². The lowest BCUT2D eigenvalue weighted by Gasteiger charge is -2.31. The lowest BCUT2D eigenvalue weighted by molar-refractivity contribution is -0.0358. The van der Waals surface area contributed by atoms with Crippen LogP contribution in [0.15, 0.2) is 6.20 Å². The average Bonchev–Trinajstić information content (AvgIpc) is 2.70. The molecule has 4 N–H and O–H groups in total. The number of morpholine rings is 1. The van der Waals surface area contributed by atoms with Crippen LogP contribution in [-0.4, -0.2) is 52.9 Å². The third-order valence-corrected chi connectivity index (χ3v) is 3.08. The maximum absolute atomic E-state index is 11.1. The molecule has 2 heterocycles. The Morgan fingerprint density at radius 3 is 3.06 bits per heavy atom. The monoisotopic (exact) mass is 253 g/mol. The minimum Gasteiger partial charge on any atom is -0.396 e. The zero-order valence-electron chi connectivity index (χ0n) is 10.5. The van der Waals surface area contributed by atoms with Crippen LogP contribution in [0, 0.1) is 0 Å². The summed E-state index contributed by atoms with van der Waals surface area (Å²) in [5.74, 6) is -0.606. The Morgan fingerprint density at radius 1 is 1.67 bits per heavy atom. The molecule has 100 valence electrons. The predicted octanol–water partition coefficient (Wildman–Crippen LogP) is -0.715. The number of ether oxygens (including phenoxy) is 1. The summed E-state index contributed by atoms with van der Waals surface area (Å²) in [6.07, 6.45) is 1.69. The summed E-state index contributed by atoms with van der Waals surface area (Å²) < 4.78 is 7.29. The molecule has 1 saturated heterocycles. The number of rotatable bonds is 4. The molecule has 1 aliphatic heterocycles. The van der Waals surface area contributed by atoms with Crippen LogP contribution in [-0.2, 0) is 11.3 Å². The average molecular weight is 253 g/mol. The molecule has 0 aromatic carbocycles. The number of aromatic nitrogens is 2. The first kappa shape index (κ1) is 12.8. The fraction of sp³-hybridized carbons (Fsp3) is 0.636. The molecule has 0 radical (unpaired) electrons. The fourth-order valence-electron chi connectivity index (χ4n) is 2.11. The number of likely N-dealkylation sites (N-methyl/N-ethyl adjacent to an activating group) is 1. The van der Waals surface area contributed by atoms with E-state index in [0.717, 1.165) is 26.2 Å². The molecule has 1 unspecified atom stereocenters. The summed E-state index contributed by atoms with van der Waals surface area (Å²) in [7, 11) is 0. The number of primary amides is 1. The van der Waals surface area contributed by atoms with Gasteiger partial charge in [-0.1, -0.05) is 6.92 Å². The fourth-order valence-corrected chi connectivity index (χ4v) is 2.11. The summed E-state index contributed by atoms with van der Waals surface area (Å²) in [6.45, 7) is 6.25. The number of nitrogens with two attached hydrogens (primary N) is 2. The minimum absolute atomic E-state index is 0.0683. The Labute approximate surface area is 106 Å². The van der Waals surface area contributed by atoms with Crippen molar-refractivity contribution < 1.29 is 9.53 Å². The van der Waals surface area contributed by atoms with Crippen LogP contribution in [0.25, 0.3) is 0 Å². The third kappa shape index (κ3) is 2.80. The quantitative estimate of drug-likeness (QED) is 0.738. The summed E-state index contributed by atoms with van der Waals surface area (Å²) in [4.78, 5) is 13.4. The molecule has 7 heteroatoms. The summed E-state index contributed by atoms with van der Waals surface area (Å²) in [6, 6.07) is 0. The third-order valence-electron chi connectivity index (χ3n) is 3.08. The van der Waals surface area contributed by atoms with Crippen LogP contribution in [0.2, 0.25) is 0 Å². The van der Waals surface area contributed by atoms with E-state index in [-0.39, 0.29) is 11.8 Å². The zero-order valence-corrected chi connectivity index (χ0v) is 10.5. The van der Waals surface area contributed by atoms with Crippen LogP contribution < -0.4 is 11.5 Å². The number of hydrogen-bond acceptors (Lipinski definition) is 5. The van der Waals surface area contributed by atoms with Gasteiger partial charge in [-0.25, -0.2) is 0 Å². The Morgan fingerprint density at radius 2 is 2.44 bits per heavy atom. The molecule has 1 atom stereocenters. The van der Waals surface area contributed by atoms with E-state index < -0.39 is 5.91 Å². The summed E-state index contributed by atoms with van der Waals surface area (Å²) in [5.41, 5.74) is 11.3. The highest BCUT2D eigenvalue weighted by Gasteiger charge is 2.21. The van der Waals surface area contributed by atoms with E-state index in [9.17, 15) is 4.79 Å². The van der Waals surface area contributed by atoms with Crippen LogP contribution >= 0.6 is 0 Å². The first-order valence-electron chi connectivity index (χ1n) is 6.06. The second-order valence-corrected chi connectivity index (χ2v) is 4.41. The van der Waals surface area contributed by atoms with Gasteiger partial charge in [0.2, 0.25) is 0 Å². The molecule has 1 amide bonds. The minimum atomic E-state index is -0.606. The smallest absolute Gasteiger partial charge is 0.271 e. The van der Waals surface area contributed by atoms with E-state index >= 15 is 0 Å². The van der Waals surface area contributed by atoms with E-state index in [1.54, 1.807) is 10.9 Å². The first-order chi connectivity index (χ1) is 8.60. The number of carbonyl (C=O) groups is 1. The van der Waals surface area contributed by atoms with Crippen molar-refractivity contribution in [2.75, 3.05) is 32.0 Å². The van der Waals surface area contributed by atoms with E-state index in [1.807, 2.05) is 0 Å². The van der Waals surface area contributed by atoms with Gasteiger partial charge < -0.3 is 16.2 Å². The van der Waals surface area contributed by atoms with Crippen molar-refractivity contribution in [1.82, 2.24) is 14.7 Å². The highest BCUT2D eigenvalue weighted by Crippen LogP contribution is 2.11. The zero-order chi connectivity index (χ0) is 13.1. The van der Waals surface area contributed by atoms with Crippen molar-refractivity contribution in [2.45, 2.75) is 19.6 Å². The number of amides is 1. The Balaban J connectivity index is 2.00. The van der Waals surface area contributed by atoms with E-state index in [4.69, 9.17) is 16.2 Å². The summed E-state index contributed by atoms with van der Waals surface area (Å²) >= 11 is 0. The van der Waals surface area contributed by atoms with Gasteiger partial charge in [-0.3, -0.25) is 14.4 Å². The van der Waals surface area contributed by atoms with E-state index in [1.165, 1.54) is 0 Å². The molecule has 18 heavy (non-hydrogen) atoms. The molecule has 0 aliphatic carbocycles. The highest BCUT2D eigenvalue weighted by molar-refractivity contribution is 5.95. The molecule has 0 spiro atoms. The molecule has 1 aromatic heterocycles. The number of anilines is 1. The SMILES string of the molecule is CCN1CCOC(Cn2cc(N)c(C(N)=O)n2)C1. The highest BCUT2D eigenvalue weighted by atomic mass is 16.5. The molecule has 1 aromatic rings. The largest absolute Gasteiger partial charge is 0.396 e. The second kappa shape index (κ2) is 5.36. The standard InChI is InChI=1S/C11H19N5O2/c1-2-15-3-4-18-8(5-15)6-16-7-9(12)10(14-16)11(13)17/h7-8H,2-6,12H2,1H3,(H2,13,17). The van der Waals surface area contributed by atoms with E-state index in [2.05, 4.69) is 16.9 Å². The van der Waals surface area contributed by atoms with Gasteiger partial charge in [-0.2, -0.15) is 5.10 Å². The molecule has 1 fully saturated rings. The second-order valence-electron chi connectivity index (χ2n) is 4.41. The van der Waals surface area contributed by atoms with Crippen molar-refractivity contribution in [1.29, 1.82) is 0 Å². The predicted molar refractivity (Wildman–Crippen MR) is 67.0 cm³/mol. The maximum Gasteiger partial charge on any atom is 0.271 e. The van der Waals surface area contributed by atoms with Crippen molar-refractivity contribution in [3.8, 4) is 0 Å². The topological polar surface area (TPSA) is 99.4 Å². The lowest BCUT2D eigenvalue weighted by atomic mass is 10.2. The number of nitrogen functional groups attached to an aromatic ring is 1. The molecule has 0 saturated carbocycles. The van der Waals surface area contributed by atoms with Crippen LogP contribution in [0.5, 0.6) is 0 Å². The number of hydrogen-bond donors (Lipinski definition) is 2. The van der Waals surface area contributed by atoms with Crippen molar-refractivity contribution in [3.63, 3.8) is 0 Å². The van der Waals surface area contributed by atoms with Crippen molar-refractivity contribution >= 4 is 11.6 Å². The molecule has 0 bridgehead atoms.